The molecule has 0 aliphatic heterocycles. The highest BCUT2D eigenvalue weighted by Crippen LogP contribution is 2.33. The Hall–Kier alpha value is -1.02. The topological polar surface area (TPSA) is 21.3 Å². The zero-order valence-corrected chi connectivity index (χ0v) is 13.7. The highest BCUT2D eigenvalue weighted by atomic mass is 16.6. The minimum atomic E-state index is 0.376. The van der Waals surface area contributed by atoms with Crippen molar-refractivity contribution in [2.45, 2.75) is 60.3 Å². The molecule has 0 spiro atoms. The zero-order valence-electron chi connectivity index (χ0n) is 13.7. The second kappa shape index (κ2) is 8.98. The summed E-state index contributed by atoms with van der Waals surface area (Å²) in [5.41, 5.74) is 4.47. The SMILES string of the molecule is CC.CCC(CC(C)(C)C)c1ccc(ONC)cc1. The van der Waals surface area contributed by atoms with Crippen LogP contribution >= 0.6 is 0 Å². The van der Waals surface area contributed by atoms with E-state index in [2.05, 4.69) is 45.3 Å². The average molecular weight is 265 g/mol. The number of nitrogens with one attached hydrogen (secondary N) is 1. The van der Waals surface area contributed by atoms with Gasteiger partial charge < -0.3 is 4.84 Å². The van der Waals surface area contributed by atoms with Crippen LogP contribution in [-0.2, 0) is 0 Å². The third-order valence-electron chi connectivity index (χ3n) is 2.92. The van der Waals surface area contributed by atoms with Gasteiger partial charge >= 0.3 is 0 Å². The highest BCUT2D eigenvalue weighted by Gasteiger charge is 2.18. The Balaban J connectivity index is 0.00000154. The van der Waals surface area contributed by atoms with Crippen LogP contribution < -0.4 is 10.3 Å². The van der Waals surface area contributed by atoms with E-state index in [9.17, 15) is 0 Å². The standard InChI is InChI=1S/C15H25NO.C2H6/c1-6-12(11-15(2,3)4)13-7-9-14(10-8-13)17-16-5;1-2/h7-10,12,16H,6,11H2,1-5H3;1-2H3. The Morgan fingerprint density at radius 1 is 1.11 bits per heavy atom. The minimum Gasteiger partial charge on any atom is -0.409 e. The Morgan fingerprint density at radius 2 is 1.63 bits per heavy atom. The molecule has 0 aliphatic rings. The van der Waals surface area contributed by atoms with E-state index >= 15 is 0 Å². The predicted octanol–water partition coefficient (Wildman–Crippen LogP) is 5.16. The molecule has 0 saturated carbocycles. The Kier molecular flexibility index (Phi) is 8.49. The number of rotatable bonds is 5. The van der Waals surface area contributed by atoms with Gasteiger partial charge in [-0.15, -0.1) is 0 Å². The highest BCUT2D eigenvalue weighted by molar-refractivity contribution is 5.29. The lowest BCUT2D eigenvalue weighted by atomic mass is 9.80. The van der Waals surface area contributed by atoms with E-state index in [-0.39, 0.29) is 0 Å². The first-order valence-corrected chi connectivity index (χ1v) is 7.40. The summed E-state index contributed by atoms with van der Waals surface area (Å²) in [4.78, 5) is 5.23. The van der Waals surface area contributed by atoms with Gasteiger partial charge in [0.2, 0.25) is 0 Å². The molecular formula is C17H31NO. The monoisotopic (exact) mass is 265 g/mol. The molecule has 0 fully saturated rings. The fourth-order valence-corrected chi connectivity index (χ4v) is 2.16. The van der Waals surface area contributed by atoms with Gasteiger partial charge in [-0.25, -0.2) is 0 Å². The first-order valence-electron chi connectivity index (χ1n) is 7.40. The van der Waals surface area contributed by atoms with Crippen molar-refractivity contribution in [1.29, 1.82) is 0 Å². The van der Waals surface area contributed by atoms with E-state index in [1.54, 1.807) is 7.05 Å². The summed E-state index contributed by atoms with van der Waals surface area (Å²) in [5.74, 6) is 1.50. The fourth-order valence-electron chi connectivity index (χ4n) is 2.16. The van der Waals surface area contributed by atoms with Gasteiger partial charge in [-0.2, -0.15) is 5.48 Å². The summed E-state index contributed by atoms with van der Waals surface area (Å²) in [6.07, 6.45) is 2.40. The van der Waals surface area contributed by atoms with Gasteiger partial charge in [-0.3, -0.25) is 0 Å². The molecule has 0 saturated heterocycles. The van der Waals surface area contributed by atoms with Crippen molar-refractivity contribution in [1.82, 2.24) is 5.48 Å². The fraction of sp³-hybridized carbons (Fsp3) is 0.647. The summed E-state index contributed by atoms with van der Waals surface area (Å²) in [7, 11) is 1.77. The molecule has 110 valence electrons. The van der Waals surface area contributed by atoms with E-state index in [0.717, 1.165) is 5.75 Å². The minimum absolute atomic E-state index is 0.376. The molecule has 0 amide bonds. The zero-order chi connectivity index (χ0) is 14.9. The largest absolute Gasteiger partial charge is 0.409 e. The van der Waals surface area contributed by atoms with E-state index in [1.807, 2.05) is 26.0 Å². The Morgan fingerprint density at radius 3 is 2.00 bits per heavy atom. The van der Waals surface area contributed by atoms with Crippen molar-refractivity contribution in [3.63, 3.8) is 0 Å². The van der Waals surface area contributed by atoms with Crippen LogP contribution in [0.1, 0.15) is 65.9 Å². The van der Waals surface area contributed by atoms with Gasteiger partial charge in [0.25, 0.3) is 0 Å². The lowest BCUT2D eigenvalue weighted by molar-refractivity contribution is 0.223. The first-order chi connectivity index (χ1) is 8.96. The first kappa shape index (κ1) is 18.0. The lowest BCUT2D eigenvalue weighted by Crippen LogP contribution is -2.12. The van der Waals surface area contributed by atoms with Gasteiger partial charge in [0.1, 0.15) is 5.75 Å². The van der Waals surface area contributed by atoms with Crippen LogP contribution in [0, 0.1) is 5.41 Å². The molecule has 1 aromatic carbocycles. The number of benzene rings is 1. The number of hydrogen-bond donors (Lipinski definition) is 1. The predicted molar refractivity (Wildman–Crippen MR) is 84.6 cm³/mol. The van der Waals surface area contributed by atoms with Crippen LogP contribution in [0.2, 0.25) is 0 Å². The molecule has 0 bridgehead atoms. The van der Waals surface area contributed by atoms with Crippen molar-refractivity contribution in [3.8, 4) is 5.75 Å². The normalized spacial score (nSPS) is 12.4. The second-order valence-corrected chi connectivity index (χ2v) is 5.75. The maximum atomic E-state index is 5.23. The van der Waals surface area contributed by atoms with Crippen LogP contribution in [0.4, 0.5) is 0 Å². The molecule has 2 nitrogen and oxygen atoms in total. The summed E-state index contributed by atoms with van der Waals surface area (Å²) in [6, 6.07) is 8.40. The van der Waals surface area contributed by atoms with Gasteiger partial charge in [-0.1, -0.05) is 53.7 Å². The Labute approximate surface area is 119 Å². The molecule has 0 radical (unpaired) electrons. The van der Waals surface area contributed by atoms with Crippen molar-refractivity contribution >= 4 is 0 Å². The van der Waals surface area contributed by atoms with Crippen molar-refractivity contribution in [2.75, 3.05) is 7.05 Å². The molecule has 2 heteroatoms. The van der Waals surface area contributed by atoms with Crippen molar-refractivity contribution in [2.24, 2.45) is 5.41 Å². The van der Waals surface area contributed by atoms with Crippen molar-refractivity contribution in [3.05, 3.63) is 29.8 Å². The molecule has 19 heavy (non-hydrogen) atoms. The summed E-state index contributed by atoms with van der Waals surface area (Å²) in [5, 5.41) is 0. The van der Waals surface area contributed by atoms with E-state index in [1.165, 1.54) is 18.4 Å². The third-order valence-corrected chi connectivity index (χ3v) is 2.92. The molecule has 1 atom stereocenters. The van der Waals surface area contributed by atoms with Crippen LogP contribution in [0.5, 0.6) is 5.75 Å². The van der Waals surface area contributed by atoms with Gasteiger partial charge in [-0.05, 0) is 41.9 Å². The third kappa shape index (κ3) is 7.22. The average Bonchev–Trinajstić information content (AvgIpc) is 2.39. The number of hydroxylamine groups is 1. The lowest BCUT2D eigenvalue weighted by Gasteiger charge is -2.25. The van der Waals surface area contributed by atoms with E-state index in [0.29, 0.717) is 11.3 Å². The molecule has 0 heterocycles. The molecule has 0 aromatic heterocycles. The van der Waals surface area contributed by atoms with Gasteiger partial charge in [0.05, 0.1) is 0 Å². The maximum Gasteiger partial charge on any atom is 0.147 e. The summed E-state index contributed by atoms with van der Waals surface area (Å²) < 4.78 is 0. The van der Waals surface area contributed by atoms with Crippen LogP contribution in [0.15, 0.2) is 24.3 Å². The molecule has 1 N–H and O–H groups in total. The second-order valence-electron chi connectivity index (χ2n) is 5.75. The summed E-state index contributed by atoms with van der Waals surface area (Å²) >= 11 is 0. The molecule has 1 unspecified atom stereocenters. The molecular weight excluding hydrogens is 234 g/mol. The molecule has 1 rings (SSSR count). The van der Waals surface area contributed by atoms with Gasteiger partial charge in [0.15, 0.2) is 0 Å². The van der Waals surface area contributed by atoms with Crippen LogP contribution in [0.3, 0.4) is 0 Å². The number of hydrogen-bond acceptors (Lipinski definition) is 2. The molecule has 1 aromatic rings. The Bertz CT molecular complexity index is 324. The maximum absolute atomic E-state index is 5.23. The smallest absolute Gasteiger partial charge is 0.147 e. The van der Waals surface area contributed by atoms with E-state index in [4.69, 9.17) is 4.84 Å². The van der Waals surface area contributed by atoms with Crippen LogP contribution in [0.25, 0.3) is 0 Å². The van der Waals surface area contributed by atoms with E-state index < -0.39 is 0 Å². The quantitative estimate of drug-likeness (QED) is 0.743. The van der Waals surface area contributed by atoms with Crippen LogP contribution in [-0.4, -0.2) is 7.05 Å². The van der Waals surface area contributed by atoms with Crippen molar-refractivity contribution < 1.29 is 4.84 Å². The van der Waals surface area contributed by atoms with Gasteiger partial charge in [0, 0.05) is 7.05 Å². The summed E-state index contributed by atoms with van der Waals surface area (Å²) in [6.45, 7) is 13.2. The molecule has 0 aliphatic carbocycles.